The molecule has 1 unspecified atom stereocenters. The largest absolute Gasteiger partial charge is 0.347 e. The first-order valence-corrected chi connectivity index (χ1v) is 11.6. The summed E-state index contributed by atoms with van der Waals surface area (Å²) in [5.74, 6) is 0.159. The fourth-order valence-electron chi connectivity index (χ4n) is 4.46. The molecule has 4 aliphatic rings. The number of amides is 1. The molecule has 5 rings (SSSR count). The van der Waals surface area contributed by atoms with Crippen LogP contribution in [-0.2, 0) is 19.3 Å². The lowest BCUT2D eigenvalue weighted by molar-refractivity contribution is -0.181. The number of aromatic nitrogens is 2. The van der Waals surface area contributed by atoms with Crippen LogP contribution in [0.15, 0.2) is 6.07 Å². The van der Waals surface area contributed by atoms with E-state index in [0.717, 1.165) is 18.5 Å². The molecule has 1 aromatic heterocycles. The van der Waals surface area contributed by atoms with Gasteiger partial charge in [0.1, 0.15) is 0 Å². The van der Waals surface area contributed by atoms with Crippen LogP contribution in [0, 0.1) is 0 Å². The zero-order valence-corrected chi connectivity index (χ0v) is 16.1. The Hall–Kier alpha value is -1.45. The van der Waals surface area contributed by atoms with Crippen LogP contribution in [0.4, 0.5) is 0 Å². The van der Waals surface area contributed by atoms with E-state index in [-0.39, 0.29) is 23.5 Å². The molecule has 3 saturated heterocycles. The molecule has 9 heteroatoms. The van der Waals surface area contributed by atoms with E-state index in [1.165, 1.54) is 0 Å². The van der Waals surface area contributed by atoms with Crippen LogP contribution in [0.2, 0.25) is 0 Å². The second kappa shape index (κ2) is 6.28. The quantitative estimate of drug-likeness (QED) is 0.761. The minimum absolute atomic E-state index is 0.0793. The van der Waals surface area contributed by atoms with Crippen molar-refractivity contribution in [3.05, 3.63) is 17.5 Å². The van der Waals surface area contributed by atoms with Gasteiger partial charge < -0.3 is 14.4 Å². The molecule has 4 fully saturated rings. The van der Waals surface area contributed by atoms with Crippen LogP contribution in [0.1, 0.15) is 60.2 Å². The molecule has 1 aromatic rings. The number of hydrogen-bond acceptors (Lipinski definition) is 6. The van der Waals surface area contributed by atoms with E-state index in [2.05, 4.69) is 5.10 Å². The van der Waals surface area contributed by atoms with Gasteiger partial charge in [0.15, 0.2) is 21.3 Å². The highest BCUT2D eigenvalue weighted by atomic mass is 32.2. The maximum atomic E-state index is 13.0. The van der Waals surface area contributed by atoms with E-state index >= 15 is 0 Å². The second-order valence-electron chi connectivity index (χ2n) is 8.13. The van der Waals surface area contributed by atoms with Crippen molar-refractivity contribution in [3.63, 3.8) is 0 Å². The third kappa shape index (κ3) is 3.30. The van der Waals surface area contributed by atoms with Crippen molar-refractivity contribution < 1.29 is 22.7 Å². The maximum absolute atomic E-state index is 13.0. The predicted octanol–water partition coefficient (Wildman–Crippen LogP) is 1.10. The minimum Gasteiger partial charge on any atom is -0.347 e. The summed E-state index contributed by atoms with van der Waals surface area (Å²) in [6.07, 6.45) is 4.10. The maximum Gasteiger partial charge on any atom is 0.274 e. The van der Waals surface area contributed by atoms with Crippen molar-refractivity contribution in [3.8, 4) is 0 Å². The van der Waals surface area contributed by atoms with Gasteiger partial charge >= 0.3 is 0 Å². The fourth-order valence-corrected chi connectivity index (χ4v) is 6.15. The zero-order valence-electron chi connectivity index (χ0n) is 15.3. The summed E-state index contributed by atoms with van der Waals surface area (Å²) < 4.78 is 37.1. The van der Waals surface area contributed by atoms with E-state index in [1.54, 1.807) is 0 Å². The Bertz CT molecular complexity index is 844. The Morgan fingerprint density at radius 1 is 1.15 bits per heavy atom. The standard InChI is InChI=1S/C18H25N3O5S/c22-17(20-6-4-18(5-7-20)25-8-9-26-18)15-11-16(13-1-2-13)21(19-15)14-3-10-27(23,24)12-14/h11,13-14H,1-10,12H2. The molecule has 0 N–H and O–H groups in total. The molecule has 0 radical (unpaired) electrons. The Balaban J connectivity index is 1.34. The number of likely N-dealkylation sites (tertiary alicyclic amines) is 1. The van der Waals surface area contributed by atoms with Gasteiger partial charge in [-0.15, -0.1) is 0 Å². The molecule has 148 valence electrons. The van der Waals surface area contributed by atoms with Crippen LogP contribution >= 0.6 is 0 Å². The van der Waals surface area contributed by atoms with Gasteiger partial charge in [-0.2, -0.15) is 5.10 Å². The first-order valence-electron chi connectivity index (χ1n) is 9.82. The van der Waals surface area contributed by atoms with E-state index in [4.69, 9.17) is 9.47 Å². The molecule has 8 nitrogen and oxygen atoms in total. The Labute approximate surface area is 158 Å². The van der Waals surface area contributed by atoms with Gasteiger partial charge in [0.25, 0.3) is 5.91 Å². The summed E-state index contributed by atoms with van der Waals surface area (Å²) in [7, 11) is -2.99. The average molecular weight is 395 g/mol. The fraction of sp³-hybridized carbons (Fsp3) is 0.778. The molecule has 0 bridgehead atoms. The summed E-state index contributed by atoms with van der Waals surface area (Å²) >= 11 is 0. The van der Waals surface area contributed by atoms with Crippen LogP contribution in [0.3, 0.4) is 0 Å². The number of rotatable bonds is 3. The number of carbonyl (C=O) groups is 1. The van der Waals surface area contributed by atoms with Gasteiger partial charge in [-0.1, -0.05) is 0 Å². The van der Waals surface area contributed by atoms with Crippen molar-refractivity contribution in [2.75, 3.05) is 37.8 Å². The third-order valence-corrected chi connectivity index (χ3v) is 7.91. The summed E-state index contributed by atoms with van der Waals surface area (Å²) in [5.41, 5.74) is 1.46. The number of sulfone groups is 1. The molecule has 27 heavy (non-hydrogen) atoms. The first-order chi connectivity index (χ1) is 12.9. The number of ether oxygens (including phenoxy) is 2. The van der Waals surface area contributed by atoms with Crippen molar-refractivity contribution in [2.24, 2.45) is 0 Å². The van der Waals surface area contributed by atoms with Crippen molar-refractivity contribution in [1.82, 2.24) is 14.7 Å². The van der Waals surface area contributed by atoms with Gasteiger partial charge in [0.2, 0.25) is 0 Å². The van der Waals surface area contributed by atoms with Crippen LogP contribution < -0.4 is 0 Å². The van der Waals surface area contributed by atoms with Crippen molar-refractivity contribution in [2.45, 2.75) is 49.9 Å². The molecule has 1 aliphatic carbocycles. The number of hydrogen-bond donors (Lipinski definition) is 0. The third-order valence-electron chi connectivity index (χ3n) is 6.16. The Kier molecular flexibility index (Phi) is 4.10. The second-order valence-corrected chi connectivity index (χ2v) is 10.4. The molecule has 1 amide bonds. The summed E-state index contributed by atoms with van der Waals surface area (Å²) in [6, 6.07) is 1.75. The number of piperidine rings is 1. The van der Waals surface area contributed by atoms with E-state index in [0.29, 0.717) is 57.2 Å². The highest BCUT2D eigenvalue weighted by molar-refractivity contribution is 7.91. The molecule has 3 aliphatic heterocycles. The molecule has 1 saturated carbocycles. The monoisotopic (exact) mass is 395 g/mol. The van der Waals surface area contributed by atoms with Gasteiger partial charge in [0, 0.05) is 37.5 Å². The Morgan fingerprint density at radius 3 is 2.44 bits per heavy atom. The molecule has 1 spiro atoms. The predicted molar refractivity (Wildman–Crippen MR) is 96.3 cm³/mol. The molecule has 0 aromatic carbocycles. The highest BCUT2D eigenvalue weighted by Gasteiger charge is 2.42. The van der Waals surface area contributed by atoms with E-state index in [1.807, 2.05) is 15.6 Å². The summed E-state index contributed by atoms with van der Waals surface area (Å²) in [5, 5.41) is 4.58. The van der Waals surface area contributed by atoms with Crippen LogP contribution in [0.5, 0.6) is 0 Å². The number of carbonyl (C=O) groups excluding carboxylic acids is 1. The van der Waals surface area contributed by atoms with Gasteiger partial charge in [-0.3, -0.25) is 9.48 Å². The molecular weight excluding hydrogens is 370 g/mol. The minimum atomic E-state index is -2.99. The lowest BCUT2D eigenvalue weighted by atomic mass is 10.0. The van der Waals surface area contributed by atoms with Crippen LogP contribution in [0.25, 0.3) is 0 Å². The first kappa shape index (κ1) is 17.6. The lowest BCUT2D eigenvalue weighted by Crippen LogP contribution is -2.47. The van der Waals surface area contributed by atoms with E-state index < -0.39 is 15.6 Å². The lowest BCUT2D eigenvalue weighted by Gasteiger charge is -2.37. The van der Waals surface area contributed by atoms with Gasteiger partial charge in [0.05, 0.1) is 30.8 Å². The normalized spacial score (nSPS) is 29.5. The molecule has 4 heterocycles. The zero-order chi connectivity index (χ0) is 18.6. The molecular formula is C18H25N3O5S. The van der Waals surface area contributed by atoms with Crippen molar-refractivity contribution >= 4 is 15.7 Å². The van der Waals surface area contributed by atoms with Crippen LogP contribution in [-0.4, -0.2) is 72.6 Å². The average Bonchev–Trinajstić information content (AvgIpc) is 3.07. The summed E-state index contributed by atoms with van der Waals surface area (Å²) in [6.45, 7) is 2.41. The molecule has 1 atom stereocenters. The smallest absolute Gasteiger partial charge is 0.274 e. The van der Waals surface area contributed by atoms with Crippen molar-refractivity contribution in [1.29, 1.82) is 0 Å². The van der Waals surface area contributed by atoms with Gasteiger partial charge in [-0.25, -0.2) is 8.42 Å². The SMILES string of the molecule is O=C(c1cc(C2CC2)n(C2CCS(=O)(=O)C2)n1)N1CCC2(CC1)OCCO2. The highest BCUT2D eigenvalue weighted by Crippen LogP contribution is 2.42. The number of nitrogens with zero attached hydrogens (tertiary/aromatic N) is 3. The summed E-state index contributed by atoms with van der Waals surface area (Å²) in [4.78, 5) is 14.8. The van der Waals surface area contributed by atoms with E-state index in [9.17, 15) is 13.2 Å². The Morgan fingerprint density at radius 2 is 1.85 bits per heavy atom. The van der Waals surface area contributed by atoms with Gasteiger partial charge in [-0.05, 0) is 25.3 Å². The topological polar surface area (TPSA) is 90.7 Å².